The van der Waals surface area contributed by atoms with Gasteiger partial charge in [0, 0.05) is 17.3 Å². The average Bonchev–Trinajstić information content (AvgIpc) is 2.77. The molecule has 2 aromatic carbocycles. The van der Waals surface area contributed by atoms with Crippen LogP contribution >= 0.6 is 0 Å². The van der Waals surface area contributed by atoms with E-state index in [4.69, 9.17) is 15.7 Å². The molecule has 0 radical (unpaired) electrons. The molecule has 0 fully saturated rings. The van der Waals surface area contributed by atoms with Gasteiger partial charge in [0.1, 0.15) is 30.1 Å². The molecule has 3 aromatic rings. The van der Waals surface area contributed by atoms with Gasteiger partial charge in [-0.25, -0.2) is 9.37 Å². The highest BCUT2D eigenvalue weighted by atomic mass is 19.1. The van der Waals surface area contributed by atoms with Gasteiger partial charge in [0.15, 0.2) is 0 Å². The zero-order valence-electron chi connectivity index (χ0n) is 16.0. The Morgan fingerprint density at radius 3 is 2.67 bits per heavy atom. The second-order valence-corrected chi connectivity index (χ2v) is 6.15. The van der Waals surface area contributed by atoms with Crippen LogP contribution in [0.1, 0.15) is 0 Å². The molecule has 0 spiro atoms. The SMILES string of the molecule is C=CN=C(COc1ccccc1-c1ccc(-c2cnc(N)cn2)c(F)c1)C(=C)C#N. The van der Waals surface area contributed by atoms with Crippen molar-refractivity contribution in [2.24, 2.45) is 4.99 Å². The highest BCUT2D eigenvalue weighted by Gasteiger charge is 2.13. The lowest BCUT2D eigenvalue weighted by molar-refractivity contribution is 0.378. The molecule has 0 amide bonds. The molecule has 2 N–H and O–H groups in total. The number of aliphatic imine (C=N–C) groups is 1. The zero-order chi connectivity index (χ0) is 21.5. The smallest absolute Gasteiger partial charge is 0.141 e. The number of benzene rings is 2. The molecule has 0 aliphatic carbocycles. The predicted octanol–water partition coefficient (Wildman–Crippen LogP) is 4.57. The van der Waals surface area contributed by atoms with Crippen LogP contribution in [0.4, 0.5) is 10.2 Å². The number of ether oxygens (including phenoxy) is 1. The molecule has 1 aromatic heterocycles. The van der Waals surface area contributed by atoms with Crippen molar-refractivity contribution in [1.29, 1.82) is 5.26 Å². The molecular formula is C23H18FN5O. The van der Waals surface area contributed by atoms with Crippen LogP contribution in [-0.4, -0.2) is 22.3 Å². The van der Waals surface area contributed by atoms with Crippen LogP contribution in [-0.2, 0) is 0 Å². The van der Waals surface area contributed by atoms with Gasteiger partial charge < -0.3 is 10.5 Å². The fourth-order valence-electron chi connectivity index (χ4n) is 2.72. The monoisotopic (exact) mass is 399 g/mol. The molecule has 0 bridgehead atoms. The first kappa shape index (κ1) is 20.4. The Kier molecular flexibility index (Phi) is 6.30. The Balaban J connectivity index is 1.90. The predicted molar refractivity (Wildman–Crippen MR) is 115 cm³/mol. The summed E-state index contributed by atoms with van der Waals surface area (Å²) in [5.41, 5.74) is 8.10. The quantitative estimate of drug-likeness (QED) is 0.463. The number of nitriles is 1. The number of anilines is 1. The lowest BCUT2D eigenvalue weighted by Crippen LogP contribution is -2.13. The number of rotatable bonds is 7. The Morgan fingerprint density at radius 1 is 1.20 bits per heavy atom. The second-order valence-electron chi connectivity index (χ2n) is 6.15. The number of nitrogen functional groups attached to an aromatic ring is 1. The van der Waals surface area contributed by atoms with E-state index in [1.807, 2.05) is 18.2 Å². The summed E-state index contributed by atoms with van der Waals surface area (Å²) in [7, 11) is 0. The Hall–Kier alpha value is -4.31. The normalized spacial score (nSPS) is 10.9. The fourth-order valence-corrected chi connectivity index (χ4v) is 2.72. The summed E-state index contributed by atoms with van der Waals surface area (Å²) < 4.78 is 20.7. The summed E-state index contributed by atoms with van der Waals surface area (Å²) >= 11 is 0. The van der Waals surface area contributed by atoms with Crippen LogP contribution in [0, 0.1) is 17.1 Å². The van der Waals surface area contributed by atoms with Gasteiger partial charge in [-0.15, -0.1) is 0 Å². The summed E-state index contributed by atoms with van der Waals surface area (Å²) in [4.78, 5) is 12.1. The van der Waals surface area contributed by atoms with E-state index in [-0.39, 0.29) is 18.0 Å². The Morgan fingerprint density at radius 2 is 2.00 bits per heavy atom. The number of para-hydroxylation sites is 1. The maximum absolute atomic E-state index is 14.8. The molecule has 3 rings (SSSR count). The van der Waals surface area contributed by atoms with Gasteiger partial charge in [0.2, 0.25) is 0 Å². The van der Waals surface area contributed by atoms with Crippen molar-refractivity contribution in [2.75, 3.05) is 12.3 Å². The van der Waals surface area contributed by atoms with Crippen LogP contribution in [0.3, 0.4) is 0 Å². The molecule has 6 nitrogen and oxygen atoms in total. The third kappa shape index (κ3) is 4.56. The minimum absolute atomic E-state index is 0.0248. The second kappa shape index (κ2) is 9.26. The van der Waals surface area contributed by atoms with Gasteiger partial charge >= 0.3 is 0 Å². The number of nitrogens with zero attached hydrogens (tertiary/aromatic N) is 4. The van der Waals surface area contributed by atoms with Crippen molar-refractivity contribution >= 4 is 11.5 Å². The first-order valence-electron chi connectivity index (χ1n) is 8.90. The lowest BCUT2D eigenvalue weighted by atomic mass is 10.0. The van der Waals surface area contributed by atoms with Crippen LogP contribution in [0.5, 0.6) is 5.75 Å². The van der Waals surface area contributed by atoms with E-state index in [2.05, 4.69) is 28.1 Å². The summed E-state index contributed by atoms with van der Waals surface area (Å²) in [5, 5.41) is 9.05. The number of aromatic nitrogens is 2. The van der Waals surface area contributed by atoms with E-state index >= 15 is 0 Å². The maximum Gasteiger partial charge on any atom is 0.141 e. The minimum Gasteiger partial charge on any atom is -0.487 e. The third-order valence-corrected chi connectivity index (χ3v) is 4.21. The highest BCUT2D eigenvalue weighted by Crippen LogP contribution is 2.32. The summed E-state index contributed by atoms with van der Waals surface area (Å²) in [6.07, 6.45) is 4.12. The largest absolute Gasteiger partial charge is 0.487 e. The molecule has 0 aliphatic rings. The van der Waals surface area contributed by atoms with Gasteiger partial charge in [-0.05, 0) is 23.8 Å². The van der Waals surface area contributed by atoms with E-state index < -0.39 is 5.82 Å². The zero-order valence-corrected chi connectivity index (χ0v) is 16.0. The van der Waals surface area contributed by atoms with E-state index in [0.29, 0.717) is 33.8 Å². The molecule has 0 atom stereocenters. The van der Waals surface area contributed by atoms with Gasteiger partial charge in [-0.3, -0.25) is 9.98 Å². The average molecular weight is 399 g/mol. The van der Waals surface area contributed by atoms with E-state index in [9.17, 15) is 4.39 Å². The van der Waals surface area contributed by atoms with Crippen molar-refractivity contribution < 1.29 is 9.13 Å². The van der Waals surface area contributed by atoms with Gasteiger partial charge in [0.25, 0.3) is 0 Å². The molecule has 148 valence electrons. The van der Waals surface area contributed by atoms with Crippen LogP contribution in [0.15, 0.2) is 84.8 Å². The molecule has 0 saturated heterocycles. The van der Waals surface area contributed by atoms with Gasteiger partial charge in [-0.2, -0.15) is 5.26 Å². The summed E-state index contributed by atoms with van der Waals surface area (Å²) in [6, 6.07) is 13.9. The van der Waals surface area contributed by atoms with E-state index in [0.717, 1.165) is 0 Å². The Bertz CT molecular complexity index is 1160. The summed E-state index contributed by atoms with van der Waals surface area (Å²) in [6.45, 7) is 7.21. The van der Waals surface area contributed by atoms with Gasteiger partial charge in [-0.1, -0.05) is 37.4 Å². The molecule has 0 unspecified atom stereocenters. The molecule has 0 aliphatic heterocycles. The van der Waals surface area contributed by atoms with Crippen LogP contribution < -0.4 is 10.5 Å². The van der Waals surface area contributed by atoms with E-state index in [1.165, 1.54) is 24.7 Å². The first-order valence-corrected chi connectivity index (χ1v) is 8.90. The first-order chi connectivity index (χ1) is 14.5. The fraction of sp³-hybridized carbons (Fsp3) is 0.0435. The summed E-state index contributed by atoms with van der Waals surface area (Å²) in [5.74, 6) is 0.327. The van der Waals surface area contributed by atoms with Crippen molar-refractivity contribution in [3.8, 4) is 34.2 Å². The number of nitrogens with two attached hydrogens (primary N) is 1. The molecule has 30 heavy (non-hydrogen) atoms. The van der Waals surface area contributed by atoms with E-state index in [1.54, 1.807) is 24.3 Å². The molecule has 1 heterocycles. The number of halogens is 1. The Labute approximate surface area is 173 Å². The van der Waals surface area contributed by atoms with Crippen molar-refractivity contribution in [3.05, 3.63) is 85.6 Å². The minimum atomic E-state index is -0.451. The van der Waals surface area contributed by atoms with Crippen LogP contribution in [0.2, 0.25) is 0 Å². The highest BCUT2D eigenvalue weighted by molar-refractivity contribution is 6.04. The topological polar surface area (TPSA) is 97.2 Å². The van der Waals surface area contributed by atoms with Gasteiger partial charge in [0.05, 0.1) is 29.4 Å². The third-order valence-electron chi connectivity index (χ3n) is 4.21. The van der Waals surface area contributed by atoms with Crippen molar-refractivity contribution in [2.45, 2.75) is 0 Å². The number of hydrogen-bond donors (Lipinski definition) is 1. The number of hydrogen-bond acceptors (Lipinski definition) is 6. The lowest BCUT2D eigenvalue weighted by Gasteiger charge is -2.13. The van der Waals surface area contributed by atoms with Crippen molar-refractivity contribution in [3.63, 3.8) is 0 Å². The molecule has 0 saturated carbocycles. The standard InChI is InChI=1S/C23H18FN5O/c1-3-27-21(15(2)11-25)14-30-22-7-5-4-6-17(22)16-8-9-18(19(24)10-16)20-12-29-23(26)13-28-20/h3-10,12-13H,1-2,14H2,(H2,26,29). The van der Waals surface area contributed by atoms with Crippen molar-refractivity contribution in [1.82, 2.24) is 9.97 Å². The maximum atomic E-state index is 14.8. The molecular weight excluding hydrogens is 381 g/mol. The van der Waals surface area contributed by atoms with Crippen LogP contribution in [0.25, 0.3) is 22.4 Å². The molecule has 7 heteroatoms.